The predicted molar refractivity (Wildman–Crippen MR) is 69.7 cm³/mol. The van der Waals surface area contributed by atoms with Gasteiger partial charge in [-0.15, -0.1) is 0 Å². The summed E-state index contributed by atoms with van der Waals surface area (Å²) >= 11 is 0. The molecule has 0 radical (unpaired) electrons. The highest BCUT2D eigenvalue weighted by atomic mass is 16.2. The monoisotopic (exact) mass is 259 g/mol. The van der Waals surface area contributed by atoms with Gasteiger partial charge in [0.2, 0.25) is 0 Å². The average Bonchev–Trinajstić information content (AvgIpc) is 3.09. The lowest BCUT2D eigenvalue weighted by Gasteiger charge is -2.31. The molecule has 0 saturated carbocycles. The highest BCUT2D eigenvalue weighted by Gasteiger charge is 2.27. The van der Waals surface area contributed by atoms with E-state index in [2.05, 4.69) is 15.1 Å². The van der Waals surface area contributed by atoms with Crippen molar-refractivity contribution in [3.63, 3.8) is 0 Å². The molecule has 3 heterocycles. The normalized spacial score (nSPS) is 19.6. The van der Waals surface area contributed by atoms with Crippen molar-refractivity contribution in [1.82, 2.24) is 24.6 Å². The zero-order valence-electron chi connectivity index (χ0n) is 10.9. The van der Waals surface area contributed by atoms with Crippen LogP contribution < -0.4 is 0 Å². The molecule has 2 aromatic rings. The van der Waals surface area contributed by atoms with Crippen molar-refractivity contribution < 1.29 is 4.79 Å². The highest BCUT2D eigenvalue weighted by molar-refractivity contribution is 5.93. The Labute approximate surface area is 111 Å². The SMILES string of the molecule is Cn1cc(C(=O)N2CCCC(c3ncc[nH]3)C2)cn1. The molecular formula is C13H17N5O. The molecule has 1 aliphatic rings. The van der Waals surface area contributed by atoms with Crippen LogP contribution in [0.25, 0.3) is 0 Å². The fourth-order valence-electron chi connectivity index (χ4n) is 2.60. The van der Waals surface area contributed by atoms with Crippen LogP contribution in [0.3, 0.4) is 0 Å². The van der Waals surface area contributed by atoms with E-state index in [9.17, 15) is 4.79 Å². The molecule has 1 amide bonds. The molecule has 1 atom stereocenters. The molecule has 6 nitrogen and oxygen atoms in total. The van der Waals surface area contributed by atoms with Crippen molar-refractivity contribution in [2.24, 2.45) is 7.05 Å². The smallest absolute Gasteiger partial charge is 0.257 e. The van der Waals surface area contributed by atoms with Crippen molar-refractivity contribution in [3.05, 3.63) is 36.2 Å². The van der Waals surface area contributed by atoms with Crippen LogP contribution in [0.5, 0.6) is 0 Å². The third kappa shape index (κ3) is 2.38. The maximum atomic E-state index is 12.4. The minimum atomic E-state index is 0.0596. The summed E-state index contributed by atoms with van der Waals surface area (Å²) in [4.78, 5) is 21.7. The lowest BCUT2D eigenvalue weighted by Crippen LogP contribution is -2.39. The van der Waals surface area contributed by atoms with Gasteiger partial charge in [0.15, 0.2) is 0 Å². The van der Waals surface area contributed by atoms with E-state index in [0.29, 0.717) is 11.5 Å². The Morgan fingerprint density at radius 3 is 3.11 bits per heavy atom. The molecule has 0 aliphatic carbocycles. The van der Waals surface area contributed by atoms with Crippen LogP contribution in [-0.4, -0.2) is 43.6 Å². The molecule has 6 heteroatoms. The Hall–Kier alpha value is -2.11. The lowest BCUT2D eigenvalue weighted by molar-refractivity contribution is 0.0704. The first kappa shape index (κ1) is 12.0. The van der Waals surface area contributed by atoms with Gasteiger partial charge >= 0.3 is 0 Å². The third-order valence-corrected chi connectivity index (χ3v) is 3.57. The van der Waals surface area contributed by atoms with E-state index in [1.54, 1.807) is 23.3 Å². The molecular weight excluding hydrogens is 242 g/mol. The van der Waals surface area contributed by atoms with E-state index in [1.807, 2.05) is 18.1 Å². The summed E-state index contributed by atoms with van der Waals surface area (Å²) < 4.78 is 1.65. The van der Waals surface area contributed by atoms with Crippen LogP contribution in [0.15, 0.2) is 24.8 Å². The molecule has 3 rings (SSSR count). The second-order valence-electron chi connectivity index (χ2n) is 4.97. The number of amides is 1. The summed E-state index contributed by atoms with van der Waals surface area (Å²) in [6.07, 6.45) is 9.06. The third-order valence-electron chi connectivity index (χ3n) is 3.57. The van der Waals surface area contributed by atoms with Crippen molar-refractivity contribution in [1.29, 1.82) is 0 Å². The molecule has 0 aromatic carbocycles. The number of piperidine rings is 1. The van der Waals surface area contributed by atoms with E-state index in [4.69, 9.17) is 0 Å². The van der Waals surface area contributed by atoms with Gasteiger partial charge in [0, 0.05) is 44.6 Å². The molecule has 1 fully saturated rings. The standard InChI is InChI=1S/C13H17N5O/c1-17-8-11(7-16-17)13(19)18-6-2-3-10(9-18)12-14-4-5-15-12/h4-5,7-8,10H,2-3,6,9H2,1H3,(H,14,15). The number of carbonyl (C=O) groups is 1. The van der Waals surface area contributed by atoms with Gasteiger partial charge in [-0.05, 0) is 12.8 Å². The van der Waals surface area contributed by atoms with Crippen LogP contribution in [0, 0.1) is 0 Å². The first-order chi connectivity index (χ1) is 9.24. The van der Waals surface area contributed by atoms with Gasteiger partial charge in [0.1, 0.15) is 5.82 Å². The van der Waals surface area contributed by atoms with E-state index in [-0.39, 0.29) is 5.91 Å². The number of carbonyl (C=O) groups excluding carboxylic acids is 1. The summed E-state index contributed by atoms with van der Waals surface area (Å²) in [6, 6.07) is 0. The van der Waals surface area contributed by atoms with E-state index >= 15 is 0 Å². The maximum Gasteiger partial charge on any atom is 0.257 e. The first-order valence-corrected chi connectivity index (χ1v) is 6.51. The Kier molecular flexibility index (Phi) is 3.06. The number of hydrogen-bond acceptors (Lipinski definition) is 3. The number of imidazole rings is 1. The van der Waals surface area contributed by atoms with E-state index < -0.39 is 0 Å². The molecule has 2 aromatic heterocycles. The largest absolute Gasteiger partial charge is 0.348 e. The molecule has 100 valence electrons. The van der Waals surface area contributed by atoms with Gasteiger partial charge < -0.3 is 9.88 Å². The number of nitrogens with zero attached hydrogens (tertiary/aromatic N) is 4. The number of nitrogens with one attached hydrogen (secondary N) is 1. The van der Waals surface area contributed by atoms with Crippen molar-refractivity contribution in [2.75, 3.05) is 13.1 Å². The molecule has 1 saturated heterocycles. The number of aryl methyl sites for hydroxylation is 1. The van der Waals surface area contributed by atoms with Gasteiger partial charge in [-0.2, -0.15) is 5.10 Å². The van der Waals surface area contributed by atoms with Gasteiger partial charge in [-0.25, -0.2) is 4.98 Å². The summed E-state index contributed by atoms with van der Waals surface area (Å²) in [5, 5.41) is 4.05. The average molecular weight is 259 g/mol. The summed E-state index contributed by atoms with van der Waals surface area (Å²) in [6.45, 7) is 1.53. The van der Waals surface area contributed by atoms with E-state index in [1.165, 1.54) is 0 Å². The Bertz CT molecular complexity index is 559. The number of aromatic amines is 1. The lowest BCUT2D eigenvalue weighted by atomic mass is 9.97. The fraction of sp³-hybridized carbons (Fsp3) is 0.462. The molecule has 0 spiro atoms. The van der Waals surface area contributed by atoms with Crippen LogP contribution in [-0.2, 0) is 7.05 Å². The van der Waals surface area contributed by atoms with Gasteiger partial charge in [-0.1, -0.05) is 0 Å². The maximum absolute atomic E-state index is 12.4. The van der Waals surface area contributed by atoms with Crippen LogP contribution in [0.1, 0.15) is 34.9 Å². The van der Waals surface area contributed by atoms with Crippen LogP contribution in [0.4, 0.5) is 0 Å². The van der Waals surface area contributed by atoms with Crippen molar-refractivity contribution >= 4 is 5.91 Å². The number of rotatable bonds is 2. The summed E-state index contributed by atoms with van der Waals surface area (Å²) in [5.74, 6) is 1.34. The van der Waals surface area contributed by atoms with E-state index in [0.717, 1.165) is 31.8 Å². The zero-order chi connectivity index (χ0) is 13.2. The van der Waals surface area contributed by atoms with Gasteiger partial charge in [0.05, 0.1) is 11.8 Å². The highest BCUT2D eigenvalue weighted by Crippen LogP contribution is 2.25. The summed E-state index contributed by atoms with van der Waals surface area (Å²) in [5.41, 5.74) is 0.655. The number of likely N-dealkylation sites (tertiary alicyclic amines) is 1. The quantitative estimate of drug-likeness (QED) is 0.880. The summed E-state index contributed by atoms with van der Waals surface area (Å²) in [7, 11) is 1.82. The minimum Gasteiger partial charge on any atom is -0.348 e. The Morgan fingerprint density at radius 2 is 2.42 bits per heavy atom. The minimum absolute atomic E-state index is 0.0596. The Balaban J connectivity index is 1.73. The number of hydrogen-bond donors (Lipinski definition) is 1. The van der Waals surface area contributed by atoms with Crippen molar-refractivity contribution in [3.8, 4) is 0 Å². The Morgan fingerprint density at radius 1 is 1.53 bits per heavy atom. The molecule has 1 N–H and O–H groups in total. The first-order valence-electron chi connectivity index (χ1n) is 6.51. The molecule has 19 heavy (non-hydrogen) atoms. The molecule has 1 unspecified atom stereocenters. The second kappa shape index (κ2) is 4.87. The zero-order valence-corrected chi connectivity index (χ0v) is 10.9. The van der Waals surface area contributed by atoms with Crippen LogP contribution >= 0.6 is 0 Å². The molecule has 0 bridgehead atoms. The predicted octanol–water partition coefficient (Wildman–Crippen LogP) is 1.16. The number of H-pyrrole nitrogens is 1. The van der Waals surface area contributed by atoms with Gasteiger partial charge in [0.25, 0.3) is 5.91 Å². The van der Waals surface area contributed by atoms with Crippen LogP contribution in [0.2, 0.25) is 0 Å². The molecule has 1 aliphatic heterocycles. The second-order valence-corrected chi connectivity index (χ2v) is 4.97. The number of aromatic nitrogens is 4. The topological polar surface area (TPSA) is 66.8 Å². The van der Waals surface area contributed by atoms with Crippen molar-refractivity contribution in [2.45, 2.75) is 18.8 Å². The van der Waals surface area contributed by atoms with Gasteiger partial charge in [-0.3, -0.25) is 9.48 Å². The fourth-order valence-corrected chi connectivity index (χ4v) is 2.60.